The number of carboxylic acids is 1. The molecule has 2 amide bonds. The number of hydrogen-bond acceptors (Lipinski definition) is 4. The average molecular weight is 465 g/mol. The van der Waals surface area contributed by atoms with E-state index in [1.54, 1.807) is 0 Å². The van der Waals surface area contributed by atoms with Gasteiger partial charge in [-0.1, -0.05) is 68.5 Å². The fourth-order valence-corrected chi connectivity index (χ4v) is 4.39. The fourth-order valence-electron chi connectivity index (χ4n) is 4.39. The zero-order valence-electron chi connectivity index (χ0n) is 19.6. The van der Waals surface area contributed by atoms with Gasteiger partial charge in [0.25, 0.3) is 0 Å². The van der Waals surface area contributed by atoms with Crippen molar-refractivity contribution in [1.29, 1.82) is 0 Å². The molecule has 2 aromatic carbocycles. The van der Waals surface area contributed by atoms with Crippen LogP contribution in [0, 0.1) is 11.8 Å². The van der Waals surface area contributed by atoms with Crippen molar-refractivity contribution in [2.45, 2.75) is 38.6 Å². The number of fused-ring (bicyclic) bond motifs is 3. The third kappa shape index (κ3) is 6.04. The Bertz CT molecular complexity index is 1000. The summed E-state index contributed by atoms with van der Waals surface area (Å²) in [5, 5.41) is 14.5. The summed E-state index contributed by atoms with van der Waals surface area (Å²) in [5.41, 5.74) is 4.53. The predicted octanol–water partition coefficient (Wildman–Crippen LogP) is 4.33. The molecule has 0 radical (unpaired) electrons. The minimum Gasteiger partial charge on any atom is -0.480 e. The smallest absolute Gasteiger partial charge is 0.407 e. The van der Waals surface area contributed by atoms with Crippen LogP contribution in [0.3, 0.4) is 0 Å². The highest BCUT2D eigenvalue weighted by Crippen LogP contribution is 2.44. The summed E-state index contributed by atoms with van der Waals surface area (Å²) in [6.45, 7) is 7.70. The number of amides is 2. The van der Waals surface area contributed by atoms with Crippen molar-refractivity contribution in [1.82, 2.24) is 10.6 Å². The van der Waals surface area contributed by atoms with Gasteiger partial charge in [0.2, 0.25) is 5.91 Å². The van der Waals surface area contributed by atoms with E-state index in [-0.39, 0.29) is 31.4 Å². The van der Waals surface area contributed by atoms with E-state index in [0.29, 0.717) is 6.42 Å². The largest absolute Gasteiger partial charge is 0.480 e. The maximum atomic E-state index is 12.7. The molecular formula is C27H32N2O5. The molecule has 0 saturated carbocycles. The molecule has 0 saturated heterocycles. The van der Waals surface area contributed by atoms with Crippen molar-refractivity contribution in [3.8, 4) is 11.1 Å². The van der Waals surface area contributed by atoms with E-state index in [0.717, 1.165) is 22.3 Å². The van der Waals surface area contributed by atoms with E-state index >= 15 is 0 Å². The number of nitrogens with one attached hydrogen (secondary N) is 2. The summed E-state index contributed by atoms with van der Waals surface area (Å²) >= 11 is 0. The maximum Gasteiger partial charge on any atom is 0.407 e. The lowest BCUT2D eigenvalue weighted by Gasteiger charge is -2.22. The topological polar surface area (TPSA) is 105 Å². The van der Waals surface area contributed by atoms with Crippen LogP contribution >= 0.6 is 0 Å². The third-order valence-corrected chi connectivity index (χ3v) is 5.98. The van der Waals surface area contributed by atoms with Crippen LogP contribution in [0.25, 0.3) is 11.1 Å². The molecule has 0 bridgehead atoms. The van der Waals surface area contributed by atoms with Gasteiger partial charge in [0, 0.05) is 12.5 Å². The van der Waals surface area contributed by atoms with Gasteiger partial charge in [0.05, 0.1) is 5.92 Å². The number of hydrogen-bond donors (Lipinski definition) is 3. The van der Waals surface area contributed by atoms with Crippen LogP contribution in [0.15, 0.2) is 61.2 Å². The Morgan fingerprint density at radius 1 is 1.06 bits per heavy atom. The highest BCUT2D eigenvalue weighted by molar-refractivity contribution is 5.85. The molecule has 0 fully saturated rings. The molecule has 3 rings (SSSR count). The van der Waals surface area contributed by atoms with E-state index in [4.69, 9.17) is 4.74 Å². The number of rotatable bonds is 11. The van der Waals surface area contributed by atoms with Crippen molar-refractivity contribution >= 4 is 18.0 Å². The van der Waals surface area contributed by atoms with Gasteiger partial charge in [0.15, 0.2) is 0 Å². The zero-order chi connectivity index (χ0) is 24.7. The van der Waals surface area contributed by atoms with Gasteiger partial charge >= 0.3 is 12.1 Å². The fraction of sp³-hybridized carbons (Fsp3) is 0.370. The first-order valence-corrected chi connectivity index (χ1v) is 11.5. The molecule has 1 aliphatic rings. The number of aliphatic carboxylic acids is 1. The van der Waals surface area contributed by atoms with Crippen molar-refractivity contribution < 1.29 is 24.2 Å². The van der Waals surface area contributed by atoms with Crippen LogP contribution in [0.4, 0.5) is 4.79 Å². The molecule has 1 aliphatic carbocycles. The molecular weight excluding hydrogens is 432 g/mol. The predicted molar refractivity (Wildman–Crippen MR) is 130 cm³/mol. The summed E-state index contributed by atoms with van der Waals surface area (Å²) in [6.07, 6.45) is 1.46. The van der Waals surface area contributed by atoms with E-state index < -0.39 is 29.9 Å². The minimum absolute atomic E-state index is 0.0527. The Labute approximate surface area is 200 Å². The quantitative estimate of drug-likeness (QED) is 0.429. The van der Waals surface area contributed by atoms with Crippen molar-refractivity contribution in [2.75, 3.05) is 13.2 Å². The van der Waals surface area contributed by atoms with Crippen molar-refractivity contribution in [2.24, 2.45) is 11.8 Å². The lowest BCUT2D eigenvalue weighted by molar-refractivity contribution is -0.142. The summed E-state index contributed by atoms with van der Waals surface area (Å²) in [5.74, 6) is -1.99. The second-order valence-electron chi connectivity index (χ2n) is 8.96. The van der Waals surface area contributed by atoms with Gasteiger partial charge in [-0.25, -0.2) is 9.59 Å². The van der Waals surface area contributed by atoms with Gasteiger partial charge < -0.3 is 20.5 Å². The highest BCUT2D eigenvalue weighted by atomic mass is 16.5. The van der Waals surface area contributed by atoms with Crippen molar-refractivity contribution in [3.63, 3.8) is 0 Å². The summed E-state index contributed by atoms with van der Waals surface area (Å²) < 4.78 is 5.54. The highest BCUT2D eigenvalue weighted by Gasteiger charge is 2.30. The second-order valence-corrected chi connectivity index (χ2v) is 8.96. The number of benzene rings is 2. The maximum absolute atomic E-state index is 12.7. The summed E-state index contributed by atoms with van der Waals surface area (Å²) in [6, 6.07) is 15.1. The molecule has 7 nitrogen and oxygen atoms in total. The average Bonchev–Trinajstić information content (AvgIpc) is 3.13. The molecule has 3 N–H and O–H groups in total. The molecule has 2 unspecified atom stereocenters. The first kappa shape index (κ1) is 25.0. The van der Waals surface area contributed by atoms with Crippen LogP contribution < -0.4 is 10.6 Å². The van der Waals surface area contributed by atoms with E-state index in [1.165, 1.54) is 6.08 Å². The van der Waals surface area contributed by atoms with Gasteiger partial charge in [0.1, 0.15) is 12.6 Å². The van der Waals surface area contributed by atoms with Crippen LogP contribution in [0.2, 0.25) is 0 Å². The van der Waals surface area contributed by atoms with E-state index in [1.807, 2.05) is 50.2 Å². The van der Waals surface area contributed by atoms with Gasteiger partial charge in [-0.3, -0.25) is 4.79 Å². The van der Waals surface area contributed by atoms with Crippen LogP contribution in [-0.2, 0) is 14.3 Å². The Morgan fingerprint density at radius 2 is 1.65 bits per heavy atom. The molecule has 7 heteroatoms. The van der Waals surface area contributed by atoms with Gasteiger partial charge in [-0.05, 0) is 41.0 Å². The van der Waals surface area contributed by atoms with E-state index in [2.05, 4.69) is 29.3 Å². The molecule has 0 aromatic heterocycles. The van der Waals surface area contributed by atoms with Crippen LogP contribution in [0.5, 0.6) is 0 Å². The monoisotopic (exact) mass is 464 g/mol. The Kier molecular flexibility index (Phi) is 8.46. The van der Waals surface area contributed by atoms with Gasteiger partial charge in [-0.2, -0.15) is 0 Å². The normalized spacial score (nSPS) is 14.0. The lowest BCUT2D eigenvalue weighted by atomic mass is 9.95. The number of alkyl carbamates (subject to hydrolysis) is 1. The minimum atomic E-state index is -1.12. The molecule has 0 aliphatic heterocycles. The Balaban J connectivity index is 1.59. The Hall–Kier alpha value is -3.61. The molecule has 0 spiro atoms. The molecule has 34 heavy (non-hydrogen) atoms. The summed E-state index contributed by atoms with van der Waals surface area (Å²) in [4.78, 5) is 36.6. The van der Waals surface area contributed by atoms with Crippen LogP contribution in [0.1, 0.15) is 43.7 Å². The molecule has 2 atom stereocenters. The van der Waals surface area contributed by atoms with Crippen molar-refractivity contribution in [3.05, 3.63) is 72.3 Å². The number of ether oxygens (including phenoxy) is 1. The SMILES string of the molecule is C=CCC(NC(=O)C(CNC(=O)OCC1c2ccccc2-c2ccccc21)CC(C)C)C(=O)O. The first-order chi connectivity index (χ1) is 16.3. The zero-order valence-corrected chi connectivity index (χ0v) is 19.6. The second kappa shape index (κ2) is 11.5. The van der Waals surface area contributed by atoms with E-state index in [9.17, 15) is 19.5 Å². The third-order valence-electron chi connectivity index (χ3n) is 5.98. The number of carboxylic acid groups (broad SMARTS) is 1. The first-order valence-electron chi connectivity index (χ1n) is 11.5. The molecule has 180 valence electrons. The number of carbonyl (C=O) groups excluding carboxylic acids is 2. The Morgan fingerprint density at radius 3 is 2.18 bits per heavy atom. The lowest BCUT2D eigenvalue weighted by Crippen LogP contribution is -2.46. The molecule has 0 heterocycles. The summed E-state index contributed by atoms with van der Waals surface area (Å²) in [7, 11) is 0. The number of carbonyl (C=O) groups is 3. The van der Waals surface area contributed by atoms with Gasteiger partial charge in [-0.15, -0.1) is 6.58 Å². The molecule has 2 aromatic rings. The van der Waals surface area contributed by atoms with Crippen LogP contribution in [-0.4, -0.2) is 42.3 Å². The standard InChI is InChI=1S/C27H32N2O5/c1-4-9-24(26(31)32)29-25(30)18(14-17(2)3)15-28-27(33)34-16-23-21-12-7-5-10-19(21)20-11-6-8-13-22(20)23/h4-8,10-13,17-18,23-24H,1,9,14-16H2,2-3H3,(H,28,33)(H,29,30)(H,31,32).